The van der Waals surface area contributed by atoms with Crippen molar-refractivity contribution >= 4 is 5.95 Å². The van der Waals surface area contributed by atoms with Gasteiger partial charge >= 0.3 is 0 Å². The Bertz CT molecular complexity index is 380. The molecule has 0 aliphatic rings. The van der Waals surface area contributed by atoms with Crippen molar-refractivity contribution in [2.24, 2.45) is 0 Å². The van der Waals surface area contributed by atoms with Crippen molar-refractivity contribution in [3.63, 3.8) is 0 Å². The van der Waals surface area contributed by atoms with E-state index in [1.54, 1.807) is 12.3 Å². The first-order valence-electron chi connectivity index (χ1n) is 5.16. The first-order chi connectivity index (χ1) is 7.22. The number of H-pyrrole nitrogens is 1. The van der Waals surface area contributed by atoms with Gasteiger partial charge in [0.1, 0.15) is 0 Å². The van der Waals surface area contributed by atoms with E-state index < -0.39 is 0 Å². The van der Waals surface area contributed by atoms with Crippen LogP contribution in [0.15, 0.2) is 23.6 Å². The molecule has 4 nitrogen and oxygen atoms in total. The van der Waals surface area contributed by atoms with E-state index in [9.17, 15) is 4.79 Å². The summed E-state index contributed by atoms with van der Waals surface area (Å²) in [5.74, 6) is 0.637. The third kappa shape index (κ3) is 2.68. The molecule has 0 saturated carbocycles. The van der Waals surface area contributed by atoms with Crippen LogP contribution in [0.1, 0.15) is 19.4 Å². The fraction of sp³-hybridized carbons (Fsp3) is 0.455. The van der Waals surface area contributed by atoms with Crippen LogP contribution in [0.25, 0.3) is 0 Å². The van der Waals surface area contributed by atoms with Gasteiger partial charge in [0.25, 0.3) is 5.56 Å². The van der Waals surface area contributed by atoms with Gasteiger partial charge in [0, 0.05) is 24.8 Å². The molecule has 0 atom stereocenters. The summed E-state index contributed by atoms with van der Waals surface area (Å²) in [4.78, 5) is 20.6. The fourth-order valence-corrected chi connectivity index (χ4v) is 1.40. The van der Waals surface area contributed by atoms with Gasteiger partial charge in [-0.3, -0.25) is 9.78 Å². The lowest BCUT2D eigenvalue weighted by molar-refractivity contribution is 0.812. The van der Waals surface area contributed by atoms with Gasteiger partial charge in [-0.1, -0.05) is 6.08 Å². The van der Waals surface area contributed by atoms with Crippen LogP contribution in [0.3, 0.4) is 0 Å². The van der Waals surface area contributed by atoms with Crippen molar-refractivity contribution < 1.29 is 0 Å². The molecule has 1 aromatic rings. The Labute approximate surface area is 89.7 Å². The summed E-state index contributed by atoms with van der Waals surface area (Å²) >= 11 is 0. The van der Waals surface area contributed by atoms with Crippen molar-refractivity contribution in [2.75, 3.05) is 18.0 Å². The molecule has 0 amide bonds. The van der Waals surface area contributed by atoms with E-state index in [-0.39, 0.29) is 5.56 Å². The molecule has 0 fully saturated rings. The Morgan fingerprint density at radius 2 is 2.20 bits per heavy atom. The maximum atomic E-state index is 11.6. The van der Waals surface area contributed by atoms with E-state index in [4.69, 9.17) is 0 Å². The molecule has 1 rings (SSSR count). The molecule has 1 aromatic heterocycles. The van der Waals surface area contributed by atoms with Crippen LogP contribution in [-0.2, 0) is 6.42 Å². The molecule has 0 unspecified atom stereocenters. The lowest BCUT2D eigenvalue weighted by atomic mass is 10.2. The standard InChI is InChI=1S/C11H17N3O/c1-4-7-9-8-12-11(13-10(9)15)14(5-2)6-3/h4,8H,1,5-7H2,2-3H3,(H,12,13,15). The van der Waals surface area contributed by atoms with Crippen molar-refractivity contribution in [1.82, 2.24) is 9.97 Å². The van der Waals surface area contributed by atoms with E-state index in [2.05, 4.69) is 16.5 Å². The van der Waals surface area contributed by atoms with Crippen LogP contribution < -0.4 is 10.5 Å². The zero-order valence-electron chi connectivity index (χ0n) is 9.29. The summed E-state index contributed by atoms with van der Waals surface area (Å²) < 4.78 is 0. The molecular formula is C11H17N3O. The monoisotopic (exact) mass is 207 g/mol. The number of nitrogens with one attached hydrogen (secondary N) is 1. The molecular weight excluding hydrogens is 190 g/mol. The number of hydrogen-bond donors (Lipinski definition) is 1. The van der Waals surface area contributed by atoms with E-state index in [1.807, 2.05) is 18.7 Å². The summed E-state index contributed by atoms with van der Waals surface area (Å²) in [6, 6.07) is 0. The van der Waals surface area contributed by atoms with Crippen molar-refractivity contribution in [3.05, 3.63) is 34.8 Å². The van der Waals surface area contributed by atoms with Crippen LogP contribution in [0.2, 0.25) is 0 Å². The minimum atomic E-state index is -0.0770. The first-order valence-corrected chi connectivity index (χ1v) is 5.16. The van der Waals surface area contributed by atoms with Crippen LogP contribution in [0.4, 0.5) is 5.95 Å². The molecule has 0 aliphatic heterocycles. The van der Waals surface area contributed by atoms with Gasteiger partial charge in [-0.2, -0.15) is 0 Å². The van der Waals surface area contributed by atoms with Crippen LogP contribution in [0, 0.1) is 0 Å². The second-order valence-corrected chi connectivity index (χ2v) is 3.23. The van der Waals surface area contributed by atoms with Gasteiger partial charge in [0.2, 0.25) is 5.95 Å². The summed E-state index contributed by atoms with van der Waals surface area (Å²) in [6.45, 7) is 9.32. The smallest absolute Gasteiger partial charge is 0.255 e. The Morgan fingerprint density at radius 3 is 2.67 bits per heavy atom. The normalized spacial score (nSPS) is 10.0. The number of nitrogens with zero attached hydrogens (tertiary/aromatic N) is 2. The van der Waals surface area contributed by atoms with Crippen molar-refractivity contribution in [1.29, 1.82) is 0 Å². The lowest BCUT2D eigenvalue weighted by Crippen LogP contribution is -2.27. The zero-order chi connectivity index (χ0) is 11.3. The first kappa shape index (κ1) is 11.5. The van der Waals surface area contributed by atoms with Crippen LogP contribution in [-0.4, -0.2) is 23.1 Å². The summed E-state index contributed by atoms with van der Waals surface area (Å²) in [6.07, 6.45) is 3.87. The average molecular weight is 207 g/mol. The number of allylic oxidation sites excluding steroid dienone is 1. The molecule has 0 spiro atoms. The minimum Gasteiger partial charge on any atom is -0.343 e. The molecule has 4 heteroatoms. The highest BCUT2D eigenvalue weighted by Gasteiger charge is 2.05. The Balaban J connectivity index is 3.00. The Morgan fingerprint density at radius 1 is 1.53 bits per heavy atom. The van der Waals surface area contributed by atoms with E-state index in [0.29, 0.717) is 17.9 Å². The second kappa shape index (κ2) is 5.34. The van der Waals surface area contributed by atoms with E-state index in [1.165, 1.54) is 0 Å². The summed E-state index contributed by atoms with van der Waals surface area (Å²) in [5, 5.41) is 0. The molecule has 0 aliphatic carbocycles. The Kier molecular flexibility index (Phi) is 4.09. The minimum absolute atomic E-state index is 0.0770. The molecule has 0 bridgehead atoms. The molecule has 0 aromatic carbocycles. The number of hydrogen-bond acceptors (Lipinski definition) is 3. The average Bonchev–Trinajstić information content (AvgIpc) is 2.24. The number of aromatic nitrogens is 2. The van der Waals surface area contributed by atoms with E-state index >= 15 is 0 Å². The van der Waals surface area contributed by atoms with Crippen molar-refractivity contribution in [3.8, 4) is 0 Å². The maximum Gasteiger partial charge on any atom is 0.255 e. The predicted molar refractivity (Wildman–Crippen MR) is 62.3 cm³/mol. The Hall–Kier alpha value is -1.58. The lowest BCUT2D eigenvalue weighted by Gasteiger charge is -2.18. The largest absolute Gasteiger partial charge is 0.343 e. The predicted octanol–water partition coefficient (Wildman–Crippen LogP) is 1.34. The third-order valence-corrected chi connectivity index (χ3v) is 2.29. The molecule has 1 N–H and O–H groups in total. The molecule has 0 saturated heterocycles. The molecule has 15 heavy (non-hydrogen) atoms. The summed E-state index contributed by atoms with van der Waals surface area (Å²) in [7, 11) is 0. The number of anilines is 1. The van der Waals surface area contributed by atoms with Gasteiger partial charge in [-0.05, 0) is 20.3 Å². The highest BCUT2D eigenvalue weighted by atomic mass is 16.1. The van der Waals surface area contributed by atoms with Gasteiger partial charge in [0.15, 0.2) is 0 Å². The topological polar surface area (TPSA) is 49.0 Å². The second-order valence-electron chi connectivity index (χ2n) is 3.23. The third-order valence-electron chi connectivity index (χ3n) is 2.29. The van der Waals surface area contributed by atoms with Crippen molar-refractivity contribution in [2.45, 2.75) is 20.3 Å². The molecule has 0 radical (unpaired) electrons. The summed E-state index contributed by atoms with van der Waals surface area (Å²) in [5.41, 5.74) is 0.577. The zero-order valence-corrected chi connectivity index (χ0v) is 9.29. The quantitative estimate of drug-likeness (QED) is 0.741. The van der Waals surface area contributed by atoms with Crippen LogP contribution in [0.5, 0.6) is 0 Å². The maximum absolute atomic E-state index is 11.6. The number of aromatic amines is 1. The van der Waals surface area contributed by atoms with Crippen LogP contribution >= 0.6 is 0 Å². The fourth-order valence-electron chi connectivity index (χ4n) is 1.40. The number of rotatable bonds is 5. The van der Waals surface area contributed by atoms with Gasteiger partial charge in [-0.15, -0.1) is 6.58 Å². The molecule has 1 heterocycles. The molecule has 82 valence electrons. The SMILES string of the molecule is C=CCc1cnc(N(CC)CC)[nH]c1=O. The highest BCUT2D eigenvalue weighted by Crippen LogP contribution is 2.03. The van der Waals surface area contributed by atoms with Gasteiger partial charge in [0.05, 0.1) is 0 Å². The van der Waals surface area contributed by atoms with E-state index in [0.717, 1.165) is 13.1 Å². The van der Waals surface area contributed by atoms with Gasteiger partial charge < -0.3 is 4.90 Å². The highest BCUT2D eigenvalue weighted by molar-refractivity contribution is 5.29. The van der Waals surface area contributed by atoms with Gasteiger partial charge in [-0.25, -0.2) is 4.98 Å².